The van der Waals surface area contributed by atoms with Gasteiger partial charge in [0.15, 0.2) is 5.82 Å². The highest BCUT2D eigenvalue weighted by Crippen LogP contribution is 2.26. The fourth-order valence-corrected chi connectivity index (χ4v) is 3.03. The maximum Gasteiger partial charge on any atom is 0.159 e. The van der Waals surface area contributed by atoms with E-state index in [2.05, 4.69) is 15.3 Å². The maximum absolute atomic E-state index is 5.88. The lowest BCUT2D eigenvalue weighted by atomic mass is 9.84. The summed E-state index contributed by atoms with van der Waals surface area (Å²) in [4.78, 5) is 8.92. The molecule has 110 valence electrons. The second kappa shape index (κ2) is 6.68. The molecule has 3 N–H and O–H groups in total. The van der Waals surface area contributed by atoms with Gasteiger partial charge in [-0.1, -0.05) is 43.2 Å². The summed E-state index contributed by atoms with van der Waals surface area (Å²) in [5, 5.41) is 3.56. The standard InChI is InChI=1S/C17H22N4/c18-10-14-8-4-5-9-16(14)21-15-11-19-17(20-12-15)13-6-2-1-3-7-13/h1-3,6-7,11-12,14,16,21H,4-5,8-10,18H2. The number of benzene rings is 1. The first-order valence-electron chi connectivity index (χ1n) is 7.71. The monoisotopic (exact) mass is 282 g/mol. The van der Waals surface area contributed by atoms with E-state index in [1.54, 1.807) is 0 Å². The Kier molecular flexibility index (Phi) is 4.46. The van der Waals surface area contributed by atoms with E-state index in [0.717, 1.165) is 23.6 Å². The third-order valence-corrected chi connectivity index (χ3v) is 4.25. The predicted molar refractivity (Wildman–Crippen MR) is 85.9 cm³/mol. The molecule has 3 rings (SSSR count). The Bertz CT molecular complexity index is 553. The zero-order valence-electron chi connectivity index (χ0n) is 12.2. The second-order valence-electron chi connectivity index (χ2n) is 5.69. The molecule has 1 aliphatic carbocycles. The van der Waals surface area contributed by atoms with Crippen molar-refractivity contribution < 1.29 is 0 Å². The van der Waals surface area contributed by atoms with Gasteiger partial charge in [0.25, 0.3) is 0 Å². The van der Waals surface area contributed by atoms with Crippen molar-refractivity contribution in [1.82, 2.24) is 9.97 Å². The second-order valence-corrected chi connectivity index (χ2v) is 5.69. The first-order valence-corrected chi connectivity index (χ1v) is 7.71. The lowest BCUT2D eigenvalue weighted by Crippen LogP contribution is -2.36. The first kappa shape index (κ1) is 14.0. The van der Waals surface area contributed by atoms with Crippen LogP contribution in [0, 0.1) is 5.92 Å². The van der Waals surface area contributed by atoms with Crippen molar-refractivity contribution in [2.75, 3.05) is 11.9 Å². The number of nitrogens with zero attached hydrogens (tertiary/aromatic N) is 2. The van der Waals surface area contributed by atoms with Crippen LogP contribution in [0.25, 0.3) is 11.4 Å². The number of hydrogen-bond donors (Lipinski definition) is 2. The van der Waals surface area contributed by atoms with Crippen molar-refractivity contribution in [3.8, 4) is 11.4 Å². The van der Waals surface area contributed by atoms with Gasteiger partial charge in [-0.15, -0.1) is 0 Å². The molecule has 0 saturated heterocycles. The molecule has 21 heavy (non-hydrogen) atoms. The largest absolute Gasteiger partial charge is 0.379 e. The van der Waals surface area contributed by atoms with Crippen molar-refractivity contribution in [2.45, 2.75) is 31.7 Å². The summed E-state index contributed by atoms with van der Waals surface area (Å²) in [7, 11) is 0. The van der Waals surface area contributed by atoms with Gasteiger partial charge in [-0.3, -0.25) is 0 Å². The van der Waals surface area contributed by atoms with Crippen molar-refractivity contribution in [3.05, 3.63) is 42.7 Å². The molecule has 2 unspecified atom stereocenters. The van der Waals surface area contributed by atoms with Crippen LogP contribution in [0.15, 0.2) is 42.7 Å². The van der Waals surface area contributed by atoms with E-state index in [0.29, 0.717) is 12.0 Å². The number of hydrogen-bond acceptors (Lipinski definition) is 4. The summed E-state index contributed by atoms with van der Waals surface area (Å²) < 4.78 is 0. The van der Waals surface area contributed by atoms with Gasteiger partial charge in [0.05, 0.1) is 18.1 Å². The van der Waals surface area contributed by atoms with Crippen LogP contribution in [0.4, 0.5) is 5.69 Å². The van der Waals surface area contributed by atoms with Crippen molar-refractivity contribution >= 4 is 5.69 Å². The first-order chi connectivity index (χ1) is 10.4. The number of nitrogens with two attached hydrogens (primary N) is 1. The Morgan fingerprint density at radius 1 is 1.05 bits per heavy atom. The highest BCUT2D eigenvalue weighted by atomic mass is 15.0. The molecule has 0 amide bonds. The van der Waals surface area contributed by atoms with Gasteiger partial charge >= 0.3 is 0 Å². The van der Waals surface area contributed by atoms with Crippen LogP contribution >= 0.6 is 0 Å². The van der Waals surface area contributed by atoms with Crippen LogP contribution in [0.3, 0.4) is 0 Å². The summed E-state index contributed by atoms with van der Waals surface area (Å²) in [6.45, 7) is 0.751. The summed E-state index contributed by atoms with van der Waals surface area (Å²) in [5.41, 5.74) is 7.91. The Labute approximate surface area is 125 Å². The zero-order valence-corrected chi connectivity index (χ0v) is 12.2. The zero-order chi connectivity index (χ0) is 14.5. The molecule has 0 spiro atoms. The van der Waals surface area contributed by atoms with Gasteiger partial charge in [-0.05, 0) is 25.3 Å². The number of nitrogens with one attached hydrogen (secondary N) is 1. The van der Waals surface area contributed by atoms with E-state index in [-0.39, 0.29) is 0 Å². The Hall–Kier alpha value is -1.94. The van der Waals surface area contributed by atoms with E-state index in [1.807, 2.05) is 42.7 Å². The van der Waals surface area contributed by atoms with Gasteiger partial charge in [0.2, 0.25) is 0 Å². The summed E-state index contributed by atoms with van der Waals surface area (Å²) in [5.74, 6) is 1.33. The van der Waals surface area contributed by atoms with Gasteiger partial charge in [-0.25, -0.2) is 9.97 Å². The molecule has 2 atom stereocenters. The smallest absolute Gasteiger partial charge is 0.159 e. The highest BCUT2D eigenvalue weighted by molar-refractivity contribution is 5.55. The molecule has 2 aromatic rings. The van der Waals surface area contributed by atoms with Gasteiger partial charge in [0, 0.05) is 11.6 Å². The Morgan fingerprint density at radius 2 is 1.76 bits per heavy atom. The normalized spacial score (nSPS) is 22.0. The van der Waals surface area contributed by atoms with Crippen LogP contribution < -0.4 is 11.1 Å². The lowest BCUT2D eigenvalue weighted by molar-refractivity contribution is 0.332. The van der Waals surface area contributed by atoms with Crippen LogP contribution in [0.2, 0.25) is 0 Å². The van der Waals surface area contributed by atoms with Gasteiger partial charge in [0.1, 0.15) is 0 Å². The number of rotatable bonds is 4. The van der Waals surface area contributed by atoms with Crippen molar-refractivity contribution in [3.63, 3.8) is 0 Å². The predicted octanol–water partition coefficient (Wildman–Crippen LogP) is 3.07. The van der Waals surface area contributed by atoms with Crippen LogP contribution in [-0.4, -0.2) is 22.6 Å². The summed E-state index contributed by atoms with van der Waals surface area (Å²) in [6.07, 6.45) is 8.72. The third-order valence-electron chi connectivity index (χ3n) is 4.25. The quantitative estimate of drug-likeness (QED) is 0.904. The molecule has 1 heterocycles. The molecular weight excluding hydrogens is 260 g/mol. The number of anilines is 1. The van der Waals surface area contributed by atoms with E-state index < -0.39 is 0 Å². The molecule has 1 aliphatic rings. The van der Waals surface area contributed by atoms with Crippen molar-refractivity contribution in [1.29, 1.82) is 0 Å². The van der Waals surface area contributed by atoms with E-state index >= 15 is 0 Å². The van der Waals surface area contributed by atoms with Gasteiger partial charge < -0.3 is 11.1 Å². The number of aromatic nitrogens is 2. The van der Waals surface area contributed by atoms with Crippen LogP contribution in [0.1, 0.15) is 25.7 Å². The molecule has 0 bridgehead atoms. The molecular formula is C17H22N4. The summed E-state index contributed by atoms with van der Waals surface area (Å²) in [6, 6.07) is 10.5. The molecule has 1 aromatic heterocycles. The molecule has 1 saturated carbocycles. The minimum absolute atomic E-state index is 0.454. The minimum Gasteiger partial charge on any atom is -0.379 e. The minimum atomic E-state index is 0.454. The lowest BCUT2D eigenvalue weighted by Gasteiger charge is -2.31. The van der Waals surface area contributed by atoms with Crippen LogP contribution in [-0.2, 0) is 0 Å². The molecule has 0 radical (unpaired) electrons. The average molecular weight is 282 g/mol. The molecule has 4 nitrogen and oxygen atoms in total. The highest BCUT2D eigenvalue weighted by Gasteiger charge is 2.23. The Balaban J connectivity index is 1.69. The van der Waals surface area contributed by atoms with Crippen molar-refractivity contribution in [2.24, 2.45) is 11.7 Å². The third kappa shape index (κ3) is 3.39. The van der Waals surface area contributed by atoms with Crippen LogP contribution in [0.5, 0.6) is 0 Å². The SMILES string of the molecule is NCC1CCCCC1Nc1cnc(-c2ccccc2)nc1. The fourth-order valence-electron chi connectivity index (χ4n) is 3.03. The van der Waals surface area contributed by atoms with E-state index in [4.69, 9.17) is 5.73 Å². The fraction of sp³-hybridized carbons (Fsp3) is 0.412. The van der Waals surface area contributed by atoms with Gasteiger partial charge in [-0.2, -0.15) is 0 Å². The molecule has 0 aliphatic heterocycles. The molecule has 4 heteroatoms. The molecule has 1 aromatic carbocycles. The average Bonchev–Trinajstić information content (AvgIpc) is 2.57. The topological polar surface area (TPSA) is 63.8 Å². The van der Waals surface area contributed by atoms with E-state index in [9.17, 15) is 0 Å². The van der Waals surface area contributed by atoms with E-state index in [1.165, 1.54) is 25.7 Å². The Morgan fingerprint density at radius 3 is 2.48 bits per heavy atom. The maximum atomic E-state index is 5.88. The molecule has 1 fully saturated rings. The summed E-state index contributed by atoms with van der Waals surface area (Å²) >= 11 is 0.